The van der Waals surface area contributed by atoms with Crippen LogP contribution in [0, 0.1) is 5.92 Å². The smallest absolute Gasteiger partial charge is 0.303 e. The number of hydrogen-bond donors (Lipinski definition) is 1. The van der Waals surface area contributed by atoms with Crippen LogP contribution in [0.25, 0.3) is 0 Å². The molecule has 16 heavy (non-hydrogen) atoms. The predicted octanol–water partition coefficient (Wildman–Crippen LogP) is -0.0332. The minimum absolute atomic E-state index is 0.0818. The monoisotopic (exact) mass is 223 g/mol. The van der Waals surface area contributed by atoms with Crippen LogP contribution in [0.3, 0.4) is 0 Å². The van der Waals surface area contributed by atoms with E-state index in [0.29, 0.717) is 18.8 Å². The number of carboxylic acids is 1. The van der Waals surface area contributed by atoms with Crippen molar-refractivity contribution in [2.24, 2.45) is 13.0 Å². The molecular formula is C10H13N3O3. The van der Waals surface area contributed by atoms with Crippen LogP contribution in [-0.4, -0.2) is 44.5 Å². The number of rotatable bonds is 3. The summed E-state index contributed by atoms with van der Waals surface area (Å²) in [5, 5.41) is 8.58. The van der Waals surface area contributed by atoms with Crippen LogP contribution >= 0.6 is 0 Å². The Morgan fingerprint density at radius 3 is 2.75 bits per heavy atom. The SMILES string of the molecule is Cn1cncc1C(=O)N1CC(CC(=O)O)C1. The maximum absolute atomic E-state index is 11.9. The lowest BCUT2D eigenvalue weighted by atomic mass is 9.96. The van der Waals surface area contributed by atoms with E-state index in [1.54, 1.807) is 22.8 Å². The summed E-state index contributed by atoms with van der Waals surface area (Å²) in [6, 6.07) is 0. The first-order chi connectivity index (χ1) is 7.58. The first-order valence-electron chi connectivity index (χ1n) is 5.05. The standard InChI is InChI=1S/C10H13N3O3/c1-12-6-11-3-8(12)10(16)13-4-7(5-13)2-9(14)15/h3,6-7H,2,4-5H2,1H3,(H,14,15). The highest BCUT2D eigenvalue weighted by Gasteiger charge is 2.33. The molecule has 1 N–H and O–H groups in total. The van der Waals surface area contributed by atoms with E-state index < -0.39 is 5.97 Å². The number of nitrogens with zero attached hydrogens (tertiary/aromatic N) is 3. The molecule has 0 aliphatic carbocycles. The van der Waals surface area contributed by atoms with Gasteiger partial charge in [-0.25, -0.2) is 4.98 Å². The van der Waals surface area contributed by atoms with Crippen molar-refractivity contribution in [1.29, 1.82) is 0 Å². The fourth-order valence-corrected chi connectivity index (χ4v) is 1.84. The summed E-state index contributed by atoms with van der Waals surface area (Å²) in [6.07, 6.45) is 3.23. The Morgan fingerprint density at radius 2 is 2.25 bits per heavy atom. The third-order valence-corrected chi connectivity index (χ3v) is 2.74. The van der Waals surface area contributed by atoms with Gasteiger partial charge in [-0.15, -0.1) is 0 Å². The first kappa shape index (κ1) is 10.7. The Morgan fingerprint density at radius 1 is 1.56 bits per heavy atom. The lowest BCUT2D eigenvalue weighted by Crippen LogP contribution is -2.50. The van der Waals surface area contributed by atoms with Gasteiger partial charge in [0.15, 0.2) is 0 Å². The van der Waals surface area contributed by atoms with Crippen molar-refractivity contribution in [3.8, 4) is 0 Å². The Labute approximate surface area is 92.5 Å². The number of aryl methyl sites for hydroxylation is 1. The van der Waals surface area contributed by atoms with Crippen molar-refractivity contribution >= 4 is 11.9 Å². The van der Waals surface area contributed by atoms with E-state index in [2.05, 4.69) is 4.98 Å². The number of carboxylic acid groups (broad SMARTS) is 1. The van der Waals surface area contributed by atoms with Gasteiger partial charge in [0.25, 0.3) is 5.91 Å². The van der Waals surface area contributed by atoms with Gasteiger partial charge in [-0.2, -0.15) is 0 Å². The van der Waals surface area contributed by atoms with Gasteiger partial charge in [0, 0.05) is 26.1 Å². The molecule has 0 saturated carbocycles. The Balaban J connectivity index is 1.91. The molecule has 0 unspecified atom stereocenters. The minimum Gasteiger partial charge on any atom is -0.481 e. The Hall–Kier alpha value is -1.85. The van der Waals surface area contributed by atoms with Gasteiger partial charge in [0.1, 0.15) is 5.69 Å². The van der Waals surface area contributed by atoms with Crippen molar-refractivity contribution in [1.82, 2.24) is 14.5 Å². The number of likely N-dealkylation sites (tertiary alicyclic amines) is 1. The predicted molar refractivity (Wildman–Crippen MR) is 54.9 cm³/mol. The van der Waals surface area contributed by atoms with Crippen molar-refractivity contribution in [2.75, 3.05) is 13.1 Å². The zero-order chi connectivity index (χ0) is 11.7. The molecule has 1 saturated heterocycles. The van der Waals surface area contributed by atoms with Gasteiger partial charge in [0.05, 0.1) is 18.9 Å². The molecular weight excluding hydrogens is 210 g/mol. The lowest BCUT2D eigenvalue weighted by Gasteiger charge is -2.38. The molecule has 0 aromatic carbocycles. The van der Waals surface area contributed by atoms with Crippen molar-refractivity contribution < 1.29 is 14.7 Å². The van der Waals surface area contributed by atoms with E-state index >= 15 is 0 Å². The minimum atomic E-state index is -0.808. The van der Waals surface area contributed by atoms with Crippen LogP contribution in [0.2, 0.25) is 0 Å². The molecule has 86 valence electrons. The largest absolute Gasteiger partial charge is 0.481 e. The van der Waals surface area contributed by atoms with E-state index in [0.717, 1.165) is 0 Å². The van der Waals surface area contributed by atoms with Crippen LogP contribution in [-0.2, 0) is 11.8 Å². The third-order valence-electron chi connectivity index (χ3n) is 2.74. The molecule has 6 heteroatoms. The molecule has 1 fully saturated rings. The Kier molecular flexibility index (Phi) is 2.64. The van der Waals surface area contributed by atoms with Crippen molar-refractivity contribution in [3.05, 3.63) is 18.2 Å². The molecule has 6 nitrogen and oxygen atoms in total. The van der Waals surface area contributed by atoms with Crippen molar-refractivity contribution in [3.63, 3.8) is 0 Å². The number of hydrogen-bond acceptors (Lipinski definition) is 3. The van der Waals surface area contributed by atoms with E-state index in [9.17, 15) is 9.59 Å². The molecule has 1 aromatic heterocycles. The van der Waals surface area contributed by atoms with Crippen LogP contribution in [0.15, 0.2) is 12.5 Å². The highest BCUT2D eigenvalue weighted by molar-refractivity contribution is 5.93. The fraction of sp³-hybridized carbons (Fsp3) is 0.500. The second-order valence-electron chi connectivity index (χ2n) is 4.06. The highest BCUT2D eigenvalue weighted by atomic mass is 16.4. The molecule has 1 amide bonds. The molecule has 0 bridgehead atoms. The summed E-state index contributed by atoms with van der Waals surface area (Å²) in [4.78, 5) is 27.8. The molecule has 0 spiro atoms. The topological polar surface area (TPSA) is 75.4 Å². The average Bonchev–Trinajstić information content (AvgIpc) is 2.56. The van der Waals surface area contributed by atoms with E-state index in [1.807, 2.05) is 0 Å². The number of imidazole rings is 1. The van der Waals surface area contributed by atoms with Gasteiger partial charge in [0.2, 0.25) is 0 Å². The van der Waals surface area contributed by atoms with E-state index in [1.165, 1.54) is 6.20 Å². The summed E-state index contributed by atoms with van der Waals surface area (Å²) in [6.45, 7) is 1.05. The first-order valence-corrected chi connectivity index (χ1v) is 5.05. The Bertz CT molecular complexity index is 421. The third kappa shape index (κ3) is 1.91. The molecule has 1 aliphatic rings. The van der Waals surface area contributed by atoms with Crippen LogP contribution < -0.4 is 0 Å². The maximum Gasteiger partial charge on any atom is 0.303 e. The number of aromatic nitrogens is 2. The summed E-state index contributed by atoms with van der Waals surface area (Å²) < 4.78 is 1.66. The van der Waals surface area contributed by atoms with Gasteiger partial charge in [-0.05, 0) is 0 Å². The van der Waals surface area contributed by atoms with Gasteiger partial charge in [-0.3, -0.25) is 9.59 Å². The van der Waals surface area contributed by atoms with Gasteiger partial charge >= 0.3 is 5.97 Å². The summed E-state index contributed by atoms with van der Waals surface area (Å²) in [5.41, 5.74) is 0.536. The molecule has 1 aromatic rings. The van der Waals surface area contributed by atoms with E-state index in [4.69, 9.17) is 5.11 Å². The fourth-order valence-electron chi connectivity index (χ4n) is 1.84. The molecule has 2 heterocycles. The maximum atomic E-state index is 11.9. The molecule has 0 atom stereocenters. The highest BCUT2D eigenvalue weighted by Crippen LogP contribution is 2.21. The number of carbonyl (C=O) groups excluding carboxylic acids is 1. The summed E-state index contributed by atoms with van der Waals surface area (Å²) in [5.74, 6) is -0.797. The quantitative estimate of drug-likeness (QED) is 0.780. The van der Waals surface area contributed by atoms with Crippen LogP contribution in [0.5, 0.6) is 0 Å². The zero-order valence-electron chi connectivity index (χ0n) is 8.96. The summed E-state index contributed by atoms with van der Waals surface area (Å²) in [7, 11) is 1.76. The van der Waals surface area contributed by atoms with Gasteiger partial charge < -0.3 is 14.6 Å². The second kappa shape index (κ2) is 3.96. The molecule has 2 rings (SSSR count). The number of carbonyl (C=O) groups is 2. The molecule has 1 aliphatic heterocycles. The van der Waals surface area contributed by atoms with Gasteiger partial charge in [-0.1, -0.05) is 0 Å². The zero-order valence-corrected chi connectivity index (χ0v) is 8.96. The summed E-state index contributed by atoms with van der Waals surface area (Å²) >= 11 is 0. The second-order valence-corrected chi connectivity index (χ2v) is 4.06. The average molecular weight is 223 g/mol. The van der Waals surface area contributed by atoms with Crippen LogP contribution in [0.1, 0.15) is 16.9 Å². The van der Waals surface area contributed by atoms with Crippen LogP contribution in [0.4, 0.5) is 0 Å². The lowest BCUT2D eigenvalue weighted by molar-refractivity contribution is -0.139. The van der Waals surface area contributed by atoms with Crippen molar-refractivity contribution in [2.45, 2.75) is 6.42 Å². The normalized spacial score (nSPS) is 15.9. The number of amides is 1. The number of aliphatic carboxylic acids is 1. The van der Waals surface area contributed by atoms with E-state index in [-0.39, 0.29) is 18.2 Å². The molecule has 0 radical (unpaired) electrons.